The summed E-state index contributed by atoms with van der Waals surface area (Å²) in [6.45, 7) is 0. The SMILES string of the molecule is Cl.NC(CC(=O)Nc1ccc(CC2CC(=O)NC2=O)cc1)c1ccccc1. The molecule has 6 nitrogen and oxygen atoms in total. The molecular weight excluding hydrogens is 366 g/mol. The molecule has 0 aromatic heterocycles. The zero-order chi connectivity index (χ0) is 18.5. The summed E-state index contributed by atoms with van der Waals surface area (Å²) in [6, 6.07) is 16.4. The number of rotatable bonds is 6. The van der Waals surface area contributed by atoms with E-state index in [1.807, 2.05) is 42.5 Å². The molecule has 1 heterocycles. The van der Waals surface area contributed by atoms with Gasteiger partial charge in [0.2, 0.25) is 17.7 Å². The van der Waals surface area contributed by atoms with E-state index in [0.717, 1.165) is 11.1 Å². The van der Waals surface area contributed by atoms with Crippen molar-refractivity contribution >= 4 is 35.8 Å². The van der Waals surface area contributed by atoms with Crippen molar-refractivity contribution in [1.29, 1.82) is 0 Å². The Balaban J connectivity index is 0.00000261. The summed E-state index contributed by atoms with van der Waals surface area (Å²) in [5.41, 5.74) is 8.60. The van der Waals surface area contributed by atoms with Crippen molar-refractivity contribution in [3.05, 3.63) is 65.7 Å². The molecule has 7 heteroatoms. The Kier molecular flexibility index (Phi) is 7.10. The van der Waals surface area contributed by atoms with Crippen LogP contribution in [0.25, 0.3) is 0 Å². The molecule has 1 fully saturated rings. The number of amides is 3. The van der Waals surface area contributed by atoms with Gasteiger partial charge in [0.1, 0.15) is 0 Å². The van der Waals surface area contributed by atoms with Crippen LogP contribution in [0.1, 0.15) is 30.0 Å². The van der Waals surface area contributed by atoms with Gasteiger partial charge in [-0.15, -0.1) is 12.4 Å². The molecule has 2 atom stereocenters. The van der Waals surface area contributed by atoms with Gasteiger partial charge >= 0.3 is 0 Å². The molecule has 0 bridgehead atoms. The van der Waals surface area contributed by atoms with E-state index in [-0.39, 0.29) is 54.9 Å². The highest BCUT2D eigenvalue weighted by Crippen LogP contribution is 2.20. The van der Waals surface area contributed by atoms with Gasteiger partial charge in [0.25, 0.3) is 0 Å². The maximum atomic E-state index is 12.2. The summed E-state index contributed by atoms with van der Waals surface area (Å²) in [5, 5.41) is 5.14. The molecule has 3 rings (SSSR count). The van der Waals surface area contributed by atoms with Gasteiger partial charge in [-0.1, -0.05) is 42.5 Å². The van der Waals surface area contributed by atoms with Crippen molar-refractivity contribution in [2.24, 2.45) is 11.7 Å². The Morgan fingerprint density at radius 1 is 1.11 bits per heavy atom. The molecule has 3 amide bonds. The topological polar surface area (TPSA) is 101 Å². The fraction of sp³-hybridized carbons (Fsp3) is 0.250. The van der Waals surface area contributed by atoms with Gasteiger partial charge in [-0.2, -0.15) is 0 Å². The molecular formula is C20H22ClN3O3. The predicted octanol–water partition coefficient (Wildman–Crippen LogP) is 2.34. The van der Waals surface area contributed by atoms with Crippen molar-refractivity contribution in [2.45, 2.75) is 25.3 Å². The minimum Gasteiger partial charge on any atom is -0.326 e. The molecule has 0 spiro atoms. The molecule has 2 aromatic carbocycles. The van der Waals surface area contributed by atoms with E-state index in [4.69, 9.17) is 5.73 Å². The first-order valence-corrected chi connectivity index (χ1v) is 8.54. The van der Waals surface area contributed by atoms with Crippen LogP contribution in [0.3, 0.4) is 0 Å². The number of anilines is 1. The molecule has 0 aliphatic carbocycles. The highest BCUT2D eigenvalue weighted by molar-refractivity contribution is 6.03. The number of carbonyl (C=O) groups excluding carboxylic acids is 3. The third-order valence-corrected chi connectivity index (χ3v) is 4.42. The summed E-state index contributed by atoms with van der Waals surface area (Å²) >= 11 is 0. The van der Waals surface area contributed by atoms with Gasteiger partial charge < -0.3 is 11.1 Å². The zero-order valence-corrected chi connectivity index (χ0v) is 15.5. The van der Waals surface area contributed by atoms with Crippen LogP contribution in [0, 0.1) is 5.92 Å². The van der Waals surface area contributed by atoms with E-state index < -0.39 is 0 Å². The average Bonchev–Trinajstić information content (AvgIpc) is 2.94. The molecule has 2 aromatic rings. The number of imide groups is 1. The van der Waals surface area contributed by atoms with E-state index in [1.165, 1.54) is 0 Å². The summed E-state index contributed by atoms with van der Waals surface area (Å²) in [7, 11) is 0. The second-order valence-corrected chi connectivity index (χ2v) is 6.48. The Morgan fingerprint density at radius 3 is 2.37 bits per heavy atom. The number of nitrogens with one attached hydrogen (secondary N) is 2. The van der Waals surface area contributed by atoms with Crippen molar-refractivity contribution < 1.29 is 14.4 Å². The average molecular weight is 388 g/mol. The number of hydrogen-bond acceptors (Lipinski definition) is 4. The van der Waals surface area contributed by atoms with Crippen LogP contribution in [0.5, 0.6) is 0 Å². The second kappa shape index (κ2) is 9.30. The fourth-order valence-corrected chi connectivity index (χ4v) is 3.01. The first-order valence-electron chi connectivity index (χ1n) is 8.54. The molecule has 142 valence electrons. The lowest BCUT2D eigenvalue weighted by Crippen LogP contribution is -2.22. The minimum atomic E-state index is -0.353. The highest BCUT2D eigenvalue weighted by Gasteiger charge is 2.30. The van der Waals surface area contributed by atoms with Crippen LogP contribution in [-0.4, -0.2) is 17.7 Å². The van der Waals surface area contributed by atoms with Crippen molar-refractivity contribution in [1.82, 2.24) is 5.32 Å². The highest BCUT2D eigenvalue weighted by atomic mass is 35.5. The quantitative estimate of drug-likeness (QED) is 0.662. The molecule has 4 N–H and O–H groups in total. The second-order valence-electron chi connectivity index (χ2n) is 6.48. The van der Waals surface area contributed by atoms with Crippen LogP contribution in [-0.2, 0) is 20.8 Å². The number of benzene rings is 2. The molecule has 1 aliphatic rings. The minimum absolute atomic E-state index is 0. The van der Waals surface area contributed by atoms with Gasteiger partial charge in [0.15, 0.2) is 0 Å². The molecule has 27 heavy (non-hydrogen) atoms. The summed E-state index contributed by atoms with van der Waals surface area (Å²) in [6.07, 6.45) is 0.926. The Hall–Kier alpha value is -2.70. The number of carbonyl (C=O) groups is 3. The lowest BCUT2D eigenvalue weighted by atomic mass is 9.98. The predicted molar refractivity (Wildman–Crippen MR) is 105 cm³/mol. The van der Waals surface area contributed by atoms with Crippen LogP contribution >= 0.6 is 12.4 Å². The largest absolute Gasteiger partial charge is 0.326 e. The van der Waals surface area contributed by atoms with Gasteiger partial charge in [-0.25, -0.2) is 0 Å². The van der Waals surface area contributed by atoms with E-state index in [1.54, 1.807) is 12.1 Å². The Labute approximate surface area is 163 Å². The third kappa shape index (κ3) is 5.64. The monoisotopic (exact) mass is 387 g/mol. The van der Waals surface area contributed by atoms with Gasteiger partial charge in [-0.05, 0) is 29.7 Å². The van der Waals surface area contributed by atoms with Crippen molar-refractivity contribution in [3.63, 3.8) is 0 Å². The third-order valence-electron chi connectivity index (χ3n) is 4.42. The van der Waals surface area contributed by atoms with Gasteiger partial charge in [0, 0.05) is 24.6 Å². The smallest absolute Gasteiger partial charge is 0.230 e. The molecule has 0 radical (unpaired) electrons. The number of hydrogen-bond donors (Lipinski definition) is 3. The van der Waals surface area contributed by atoms with E-state index in [2.05, 4.69) is 10.6 Å². The molecule has 0 saturated carbocycles. The standard InChI is InChI=1S/C20H21N3O3.ClH/c21-17(14-4-2-1-3-5-14)12-19(25)22-16-8-6-13(7-9-16)10-15-11-18(24)23-20(15)26;/h1-9,15,17H,10-12,21H2,(H,22,25)(H,23,24,26);1H. The maximum Gasteiger partial charge on any atom is 0.230 e. The number of nitrogens with two attached hydrogens (primary N) is 1. The molecule has 2 unspecified atom stereocenters. The fourth-order valence-electron chi connectivity index (χ4n) is 3.01. The lowest BCUT2D eigenvalue weighted by molar-refractivity contribution is -0.125. The summed E-state index contributed by atoms with van der Waals surface area (Å²) < 4.78 is 0. The first kappa shape index (κ1) is 20.6. The Bertz CT molecular complexity index is 809. The van der Waals surface area contributed by atoms with Gasteiger partial charge in [-0.3, -0.25) is 19.7 Å². The van der Waals surface area contributed by atoms with E-state index in [9.17, 15) is 14.4 Å². The van der Waals surface area contributed by atoms with Crippen LogP contribution < -0.4 is 16.4 Å². The number of halogens is 1. The first-order chi connectivity index (χ1) is 12.5. The Morgan fingerprint density at radius 2 is 1.78 bits per heavy atom. The van der Waals surface area contributed by atoms with Crippen LogP contribution in [0.2, 0.25) is 0 Å². The van der Waals surface area contributed by atoms with Crippen LogP contribution in [0.4, 0.5) is 5.69 Å². The van der Waals surface area contributed by atoms with Gasteiger partial charge in [0.05, 0.1) is 5.92 Å². The lowest BCUT2D eigenvalue weighted by Gasteiger charge is -2.12. The molecule has 1 saturated heterocycles. The van der Waals surface area contributed by atoms with Crippen molar-refractivity contribution in [3.8, 4) is 0 Å². The van der Waals surface area contributed by atoms with Crippen molar-refractivity contribution in [2.75, 3.05) is 5.32 Å². The van der Waals surface area contributed by atoms with E-state index >= 15 is 0 Å². The zero-order valence-electron chi connectivity index (χ0n) is 14.7. The van der Waals surface area contributed by atoms with Crippen LogP contribution in [0.15, 0.2) is 54.6 Å². The summed E-state index contributed by atoms with van der Waals surface area (Å²) in [4.78, 5) is 35.0. The molecule has 1 aliphatic heterocycles. The summed E-state index contributed by atoms with van der Waals surface area (Å²) in [5.74, 6) is -0.914. The normalized spacial score (nSPS) is 17.0. The maximum absolute atomic E-state index is 12.2. The van der Waals surface area contributed by atoms with E-state index in [0.29, 0.717) is 12.1 Å².